The lowest BCUT2D eigenvalue weighted by Gasteiger charge is -2.54. The van der Waals surface area contributed by atoms with E-state index in [4.69, 9.17) is 9.47 Å². The number of carbonyl (C=O) groups is 2. The summed E-state index contributed by atoms with van der Waals surface area (Å²) in [7, 11) is 0. The molecule has 172 valence electrons. The molecule has 2 heterocycles. The Bertz CT molecular complexity index is 715. The molecule has 0 bridgehead atoms. The number of nitrogens with zero attached hydrogens (tertiary/aromatic N) is 2. The Balaban J connectivity index is 2.15. The number of ether oxygens (including phenoxy) is 2. The lowest BCUT2D eigenvalue weighted by molar-refractivity contribution is -0.698. The second-order valence-corrected chi connectivity index (χ2v) is 12.2. The maximum atomic E-state index is 12.7. The van der Waals surface area contributed by atoms with Gasteiger partial charge in [0.25, 0.3) is 0 Å². The zero-order chi connectivity index (χ0) is 23.6. The number of hydrogen-bond donors (Lipinski definition) is 1. The van der Waals surface area contributed by atoms with Crippen molar-refractivity contribution in [3.63, 3.8) is 0 Å². The molecule has 0 spiro atoms. The molecule has 1 N–H and O–H groups in total. The number of rotatable bonds is 2. The predicted octanol–water partition coefficient (Wildman–Crippen LogP) is 3.76. The fourth-order valence-electron chi connectivity index (χ4n) is 6.39. The fourth-order valence-corrected chi connectivity index (χ4v) is 6.39. The number of hydroxylamine groups is 2. The molecule has 0 atom stereocenters. The first-order chi connectivity index (χ1) is 13.1. The second kappa shape index (κ2) is 6.99. The minimum absolute atomic E-state index is 0.308. The molecule has 0 radical (unpaired) electrons. The van der Waals surface area contributed by atoms with E-state index >= 15 is 0 Å². The van der Waals surface area contributed by atoms with E-state index in [0.29, 0.717) is 25.7 Å². The minimum Gasteiger partial charge on any atom is -0.451 e. The molecule has 0 amide bonds. The van der Waals surface area contributed by atoms with Crippen LogP contribution in [0.4, 0.5) is 0 Å². The molecule has 2 rings (SSSR count). The first kappa shape index (κ1) is 24.7. The number of esters is 2. The summed E-state index contributed by atoms with van der Waals surface area (Å²) in [5.41, 5.74) is -4.65. The minimum atomic E-state index is -1.05. The van der Waals surface area contributed by atoms with Gasteiger partial charge in [-0.25, -0.2) is 9.59 Å². The Morgan fingerprint density at radius 2 is 1.00 bits per heavy atom. The van der Waals surface area contributed by atoms with Gasteiger partial charge in [-0.3, -0.25) is 0 Å². The van der Waals surface area contributed by atoms with Gasteiger partial charge in [-0.15, -0.1) is 0 Å². The normalized spacial score (nSPS) is 28.4. The quantitative estimate of drug-likeness (QED) is 0.407. The van der Waals surface area contributed by atoms with Crippen molar-refractivity contribution in [3.8, 4) is 0 Å². The Morgan fingerprint density at radius 1 is 0.700 bits per heavy atom. The van der Waals surface area contributed by atoms with Gasteiger partial charge in [-0.05, 0) is 41.5 Å². The summed E-state index contributed by atoms with van der Waals surface area (Å²) in [5.74, 6) is -2.09. The molecule has 2 aliphatic rings. The van der Waals surface area contributed by atoms with Crippen LogP contribution in [0.15, 0.2) is 0 Å². The highest BCUT2D eigenvalue weighted by Crippen LogP contribution is 2.45. The molecular weight excluding hydrogens is 388 g/mol. The maximum Gasteiger partial charge on any atom is 0.418 e. The van der Waals surface area contributed by atoms with Crippen LogP contribution in [0, 0.1) is 4.91 Å². The Labute approximate surface area is 179 Å². The van der Waals surface area contributed by atoms with E-state index in [0.717, 1.165) is 4.76 Å². The number of carbonyl (C=O) groups excluding carboxylic acids is 2. The topological polar surface area (TPSA) is 96.2 Å². The molecule has 0 unspecified atom stereocenters. The highest BCUT2D eigenvalue weighted by Gasteiger charge is 2.60. The van der Waals surface area contributed by atoms with E-state index in [9.17, 15) is 19.7 Å². The van der Waals surface area contributed by atoms with Gasteiger partial charge in [-0.1, -0.05) is 0 Å². The van der Waals surface area contributed by atoms with Crippen LogP contribution in [0.2, 0.25) is 0 Å². The standard InChI is InChI=1S/C22H39N2O6/c1-17(2)11-21(9,12-18(3,4)23(17)27)29-15(25)16(26)30-22(10)13-19(5,6)24(28)20(7,8)14-22/h27H,11-14H2,1-10H3/q+1. The SMILES string of the molecule is CC1(OC(=O)C(=O)OC2(C)CC(C)(C)[N+](=O)C(C)(C)C2)CC(C)(C)N(O)C(C)(C)C1. The van der Waals surface area contributed by atoms with Crippen LogP contribution in [0.25, 0.3) is 0 Å². The zero-order valence-corrected chi connectivity index (χ0v) is 20.2. The van der Waals surface area contributed by atoms with Gasteiger partial charge in [0.2, 0.25) is 11.1 Å². The van der Waals surface area contributed by atoms with Crippen molar-refractivity contribution in [1.29, 1.82) is 0 Å². The third-order valence-corrected chi connectivity index (χ3v) is 6.32. The van der Waals surface area contributed by atoms with Crippen molar-refractivity contribution in [2.45, 2.75) is 128 Å². The Hall–Kier alpha value is -1.54. The fraction of sp³-hybridized carbons (Fsp3) is 0.909. The molecule has 0 saturated carbocycles. The van der Waals surface area contributed by atoms with Gasteiger partial charge in [0.05, 0.1) is 12.8 Å². The maximum absolute atomic E-state index is 12.7. The molecule has 8 heteroatoms. The van der Waals surface area contributed by atoms with E-state index in [1.165, 1.54) is 5.06 Å². The van der Waals surface area contributed by atoms with Crippen molar-refractivity contribution < 1.29 is 29.0 Å². The molecule has 2 fully saturated rings. The highest BCUT2D eigenvalue weighted by molar-refractivity contribution is 6.29. The molecule has 0 aromatic carbocycles. The van der Waals surface area contributed by atoms with Gasteiger partial charge in [0, 0.05) is 61.3 Å². The molecule has 30 heavy (non-hydrogen) atoms. The van der Waals surface area contributed by atoms with Crippen molar-refractivity contribution in [1.82, 2.24) is 5.06 Å². The molecule has 0 aliphatic carbocycles. The van der Waals surface area contributed by atoms with Gasteiger partial charge < -0.3 is 14.7 Å². The highest BCUT2D eigenvalue weighted by atomic mass is 16.6. The van der Waals surface area contributed by atoms with E-state index in [1.54, 1.807) is 41.5 Å². The Morgan fingerprint density at radius 3 is 1.33 bits per heavy atom. The largest absolute Gasteiger partial charge is 0.451 e. The monoisotopic (exact) mass is 427 g/mol. The van der Waals surface area contributed by atoms with Crippen molar-refractivity contribution in [2.24, 2.45) is 0 Å². The Kier molecular flexibility index (Phi) is 5.76. The summed E-state index contributed by atoms with van der Waals surface area (Å²) in [6.45, 7) is 18.2. The average Bonchev–Trinajstić information content (AvgIpc) is 2.47. The van der Waals surface area contributed by atoms with Gasteiger partial charge in [0.15, 0.2) is 0 Å². The molecule has 2 aliphatic heterocycles. The summed E-state index contributed by atoms with van der Waals surface area (Å²) in [6, 6.07) is 0. The first-order valence-corrected chi connectivity index (χ1v) is 10.6. The predicted molar refractivity (Wildman–Crippen MR) is 111 cm³/mol. The molecule has 0 aromatic heterocycles. The average molecular weight is 428 g/mol. The molecule has 2 saturated heterocycles. The van der Waals surface area contributed by atoms with Crippen LogP contribution in [0.3, 0.4) is 0 Å². The lowest BCUT2D eigenvalue weighted by Crippen LogP contribution is -2.64. The number of nitroso groups, excluding NO2 is 1. The zero-order valence-electron chi connectivity index (χ0n) is 20.2. The van der Waals surface area contributed by atoms with Crippen LogP contribution in [0.5, 0.6) is 0 Å². The van der Waals surface area contributed by atoms with Gasteiger partial charge >= 0.3 is 11.9 Å². The van der Waals surface area contributed by atoms with E-state index in [-0.39, 0.29) is 0 Å². The van der Waals surface area contributed by atoms with Crippen LogP contribution in [-0.4, -0.2) is 60.3 Å². The smallest absolute Gasteiger partial charge is 0.418 e. The van der Waals surface area contributed by atoms with E-state index in [1.807, 2.05) is 27.7 Å². The van der Waals surface area contributed by atoms with Crippen molar-refractivity contribution in [2.75, 3.05) is 0 Å². The molecule has 0 aromatic rings. The van der Waals surface area contributed by atoms with Gasteiger partial charge in [-0.2, -0.15) is 5.06 Å². The number of hydrogen-bond acceptors (Lipinski definition) is 7. The summed E-state index contributed by atoms with van der Waals surface area (Å²) in [6.07, 6.45) is 1.34. The van der Waals surface area contributed by atoms with E-state index < -0.39 is 45.3 Å². The van der Waals surface area contributed by atoms with Crippen LogP contribution < -0.4 is 0 Å². The van der Waals surface area contributed by atoms with Gasteiger partial charge in [0.1, 0.15) is 11.2 Å². The number of piperidine rings is 2. The first-order valence-electron chi connectivity index (χ1n) is 10.6. The van der Waals surface area contributed by atoms with Crippen molar-refractivity contribution >= 4 is 11.9 Å². The molecule has 8 nitrogen and oxygen atoms in total. The third-order valence-electron chi connectivity index (χ3n) is 6.32. The summed E-state index contributed by atoms with van der Waals surface area (Å²) in [5, 5.41) is 11.8. The summed E-state index contributed by atoms with van der Waals surface area (Å²) in [4.78, 5) is 37.9. The third kappa shape index (κ3) is 4.69. The van der Waals surface area contributed by atoms with E-state index in [2.05, 4.69) is 0 Å². The second-order valence-electron chi connectivity index (χ2n) is 12.2. The van der Waals surface area contributed by atoms with Crippen LogP contribution >= 0.6 is 0 Å². The van der Waals surface area contributed by atoms with Crippen LogP contribution in [-0.2, 0) is 19.1 Å². The van der Waals surface area contributed by atoms with Crippen molar-refractivity contribution in [3.05, 3.63) is 4.91 Å². The summed E-state index contributed by atoms with van der Waals surface area (Å²) >= 11 is 0. The van der Waals surface area contributed by atoms with Crippen LogP contribution in [0.1, 0.15) is 94.9 Å². The molecular formula is C22H39N2O6+. The summed E-state index contributed by atoms with van der Waals surface area (Å²) < 4.78 is 12.3. The lowest BCUT2D eigenvalue weighted by atomic mass is 9.73.